The smallest absolute Gasteiger partial charge is 0.315 e. The van der Waals surface area contributed by atoms with Crippen LogP contribution in [0.4, 0.5) is 4.79 Å². The Balaban J connectivity index is 1.72. The van der Waals surface area contributed by atoms with Gasteiger partial charge in [0.2, 0.25) is 0 Å². The molecule has 0 aliphatic heterocycles. The first-order valence-electron chi connectivity index (χ1n) is 7.30. The molecule has 0 saturated heterocycles. The first kappa shape index (κ1) is 13.9. The minimum absolute atomic E-state index is 0.0522. The van der Waals surface area contributed by atoms with Crippen LogP contribution in [-0.2, 0) is 6.54 Å². The molecule has 0 atom stereocenters. The van der Waals surface area contributed by atoms with Crippen molar-refractivity contribution >= 4 is 6.03 Å². The summed E-state index contributed by atoms with van der Waals surface area (Å²) in [7, 11) is 0. The van der Waals surface area contributed by atoms with Crippen molar-refractivity contribution in [2.75, 3.05) is 6.54 Å². The van der Waals surface area contributed by atoms with Gasteiger partial charge in [-0.15, -0.1) is 0 Å². The summed E-state index contributed by atoms with van der Waals surface area (Å²) < 4.78 is 0. The van der Waals surface area contributed by atoms with Crippen molar-refractivity contribution in [2.45, 2.75) is 45.6 Å². The van der Waals surface area contributed by atoms with E-state index in [0.29, 0.717) is 12.0 Å². The highest BCUT2D eigenvalue weighted by atomic mass is 16.2. The quantitative estimate of drug-likeness (QED) is 0.836. The van der Waals surface area contributed by atoms with Gasteiger partial charge < -0.3 is 10.6 Å². The van der Waals surface area contributed by atoms with Crippen LogP contribution in [0.2, 0.25) is 0 Å². The second kappa shape index (κ2) is 6.60. The molecule has 19 heavy (non-hydrogen) atoms. The maximum atomic E-state index is 11.8. The van der Waals surface area contributed by atoms with Crippen molar-refractivity contribution in [2.24, 2.45) is 5.41 Å². The molecule has 0 heterocycles. The number of nitrogens with one attached hydrogen (secondary N) is 2. The van der Waals surface area contributed by atoms with Crippen molar-refractivity contribution < 1.29 is 4.79 Å². The Kier molecular flexibility index (Phi) is 4.83. The maximum Gasteiger partial charge on any atom is 0.315 e. The molecule has 0 bridgehead atoms. The zero-order valence-electron chi connectivity index (χ0n) is 11.7. The van der Waals surface area contributed by atoms with Crippen molar-refractivity contribution in [3.05, 3.63) is 35.9 Å². The molecule has 3 heteroatoms. The van der Waals surface area contributed by atoms with Crippen LogP contribution < -0.4 is 10.6 Å². The highest BCUT2D eigenvalue weighted by Gasteiger charge is 2.32. The lowest BCUT2D eigenvalue weighted by Gasteiger charge is -2.27. The fourth-order valence-corrected chi connectivity index (χ4v) is 2.89. The number of carbonyl (C=O) groups is 1. The molecule has 1 aliphatic carbocycles. The normalized spacial score (nSPS) is 17.1. The number of benzene rings is 1. The number of hydrogen-bond acceptors (Lipinski definition) is 1. The van der Waals surface area contributed by atoms with Crippen molar-refractivity contribution in [1.82, 2.24) is 10.6 Å². The zero-order chi connectivity index (χ0) is 13.6. The van der Waals surface area contributed by atoms with Crippen LogP contribution in [0.5, 0.6) is 0 Å². The van der Waals surface area contributed by atoms with Crippen LogP contribution in [0.3, 0.4) is 0 Å². The summed E-state index contributed by atoms with van der Waals surface area (Å²) >= 11 is 0. The van der Waals surface area contributed by atoms with E-state index >= 15 is 0 Å². The fraction of sp³-hybridized carbons (Fsp3) is 0.562. The third kappa shape index (κ3) is 3.98. The monoisotopic (exact) mass is 260 g/mol. The molecule has 0 unspecified atom stereocenters. The Morgan fingerprint density at radius 2 is 1.84 bits per heavy atom. The lowest BCUT2D eigenvalue weighted by atomic mass is 9.83. The Morgan fingerprint density at radius 3 is 2.47 bits per heavy atom. The van der Waals surface area contributed by atoms with E-state index in [4.69, 9.17) is 0 Å². The van der Waals surface area contributed by atoms with Crippen molar-refractivity contribution in [3.63, 3.8) is 0 Å². The molecular formula is C16H24N2O. The summed E-state index contributed by atoms with van der Waals surface area (Å²) in [5, 5.41) is 5.95. The molecule has 2 N–H and O–H groups in total. The standard InChI is InChI=1S/C16H24N2O/c1-2-16(10-6-7-11-16)13-18-15(19)17-12-14-8-4-3-5-9-14/h3-5,8-9H,2,6-7,10-13H2,1H3,(H2,17,18,19). The van der Waals surface area contributed by atoms with Gasteiger partial charge in [-0.2, -0.15) is 0 Å². The van der Waals surface area contributed by atoms with Gasteiger partial charge >= 0.3 is 6.03 Å². The molecule has 1 aliphatic rings. The van der Waals surface area contributed by atoms with Gasteiger partial charge in [0.15, 0.2) is 0 Å². The highest BCUT2D eigenvalue weighted by molar-refractivity contribution is 5.73. The Bertz CT molecular complexity index is 396. The van der Waals surface area contributed by atoms with E-state index in [1.165, 1.54) is 25.7 Å². The summed E-state index contributed by atoms with van der Waals surface area (Å²) in [5.41, 5.74) is 1.48. The van der Waals surface area contributed by atoms with Crippen molar-refractivity contribution in [1.29, 1.82) is 0 Å². The number of rotatable bonds is 5. The summed E-state index contributed by atoms with van der Waals surface area (Å²) in [6.07, 6.45) is 6.28. The summed E-state index contributed by atoms with van der Waals surface area (Å²) in [4.78, 5) is 11.8. The minimum Gasteiger partial charge on any atom is -0.338 e. The molecule has 1 fully saturated rings. The predicted molar refractivity (Wildman–Crippen MR) is 77.9 cm³/mol. The lowest BCUT2D eigenvalue weighted by Crippen LogP contribution is -2.41. The number of carbonyl (C=O) groups excluding carboxylic acids is 1. The molecule has 1 saturated carbocycles. The average molecular weight is 260 g/mol. The van der Waals surface area contributed by atoms with Crippen molar-refractivity contribution in [3.8, 4) is 0 Å². The van der Waals surface area contributed by atoms with E-state index in [-0.39, 0.29) is 6.03 Å². The molecule has 0 aromatic heterocycles. The van der Waals surface area contributed by atoms with E-state index in [1.54, 1.807) is 0 Å². The van der Waals surface area contributed by atoms with Gasteiger partial charge in [-0.05, 0) is 30.2 Å². The number of urea groups is 1. The van der Waals surface area contributed by atoms with Crippen LogP contribution in [0.15, 0.2) is 30.3 Å². The molecule has 3 nitrogen and oxygen atoms in total. The summed E-state index contributed by atoms with van der Waals surface area (Å²) in [6, 6.07) is 9.94. The Hall–Kier alpha value is -1.51. The highest BCUT2D eigenvalue weighted by Crippen LogP contribution is 2.40. The fourth-order valence-electron chi connectivity index (χ4n) is 2.89. The molecule has 1 aromatic rings. The third-order valence-electron chi connectivity index (χ3n) is 4.33. The van der Waals surface area contributed by atoms with Crippen LogP contribution in [-0.4, -0.2) is 12.6 Å². The Labute approximate surface area is 115 Å². The number of amides is 2. The zero-order valence-corrected chi connectivity index (χ0v) is 11.7. The van der Waals surface area contributed by atoms with Gasteiger partial charge in [-0.1, -0.05) is 50.1 Å². The third-order valence-corrected chi connectivity index (χ3v) is 4.33. The molecular weight excluding hydrogens is 236 g/mol. The second-order valence-electron chi connectivity index (χ2n) is 5.58. The van der Waals surface area contributed by atoms with E-state index < -0.39 is 0 Å². The predicted octanol–water partition coefficient (Wildman–Crippen LogP) is 3.46. The van der Waals surface area contributed by atoms with Gasteiger partial charge in [0.1, 0.15) is 0 Å². The molecule has 104 valence electrons. The first-order valence-corrected chi connectivity index (χ1v) is 7.30. The molecule has 1 aromatic carbocycles. The second-order valence-corrected chi connectivity index (χ2v) is 5.58. The Morgan fingerprint density at radius 1 is 1.16 bits per heavy atom. The molecule has 2 amide bonds. The largest absolute Gasteiger partial charge is 0.338 e. The topological polar surface area (TPSA) is 41.1 Å². The van der Waals surface area contributed by atoms with Gasteiger partial charge in [0, 0.05) is 13.1 Å². The van der Waals surface area contributed by atoms with Crippen LogP contribution >= 0.6 is 0 Å². The summed E-state index contributed by atoms with van der Waals surface area (Å²) in [5.74, 6) is 0. The van der Waals surface area contributed by atoms with E-state index in [9.17, 15) is 4.79 Å². The van der Waals surface area contributed by atoms with Gasteiger partial charge in [-0.25, -0.2) is 4.79 Å². The van der Waals surface area contributed by atoms with Gasteiger partial charge in [0.25, 0.3) is 0 Å². The summed E-state index contributed by atoms with van der Waals surface area (Å²) in [6.45, 7) is 3.63. The maximum absolute atomic E-state index is 11.8. The van der Waals surface area contributed by atoms with E-state index in [2.05, 4.69) is 17.6 Å². The minimum atomic E-state index is -0.0522. The van der Waals surface area contributed by atoms with Crippen LogP contribution in [0.25, 0.3) is 0 Å². The molecule has 0 radical (unpaired) electrons. The average Bonchev–Trinajstić information content (AvgIpc) is 2.93. The van der Waals surface area contributed by atoms with Crippen LogP contribution in [0.1, 0.15) is 44.6 Å². The van der Waals surface area contributed by atoms with E-state index in [0.717, 1.165) is 18.5 Å². The van der Waals surface area contributed by atoms with Gasteiger partial charge in [0.05, 0.1) is 0 Å². The van der Waals surface area contributed by atoms with Gasteiger partial charge in [-0.3, -0.25) is 0 Å². The van der Waals surface area contributed by atoms with Crippen LogP contribution in [0, 0.1) is 5.41 Å². The molecule has 2 rings (SSSR count). The molecule has 0 spiro atoms. The van der Waals surface area contributed by atoms with E-state index in [1.807, 2.05) is 30.3 Å². The SMILES string of the molecule is CCC1(CNC(=O)NCc2ccccc2)CCCC1. The lowest BCUT2D eigenvalue weighted by molar-refractivity contribution is 0.224. The number of hydrogen-bond donors (Lipinski definition) is 2. The first-order chi connectivity index (χ1) is 9.24.